The van der Waals surface area contributed by atoms with Crippen molar-refractivity contribution in [1.82, 2.24) is 29.6 Å². The molecule has 620 valence electrons. The number of anilines is 8. The van der Waals surface area contributed by atoms with Crippen molar-refractivity contribution in [3.05, 3.63) is 246 Å². The highest BCUT2D eigenvalue weighted by atomic mass is 19.2. The van der Waals surface area contributed by atoms with Gasteiger partial charge in [0.1, 0.15) is 40.7 Å². The summed E-state index contributed by atoms with van der Waals surface area (Å²) >= 11 is 0. The monoisotopic (exact) mass is 1630 g/mol. The first-order valence-electron chi connectivity index (χ1n) is 38.0. The number of fused-ring (bicyclic) bond motifs is 6. The van der Waals surface area contributed by atoms with Crippen LogP contribution < -0.4 is 43.0 Å². The Morgan fingerprint density at radius 3 is 1.18 bits per heavy atom. The second-order valence-electron chi connectivity index (χ2n) is 29.4. The molecule has 8 aliphatic heterocycles. The lowest BCUT2D eigenvalue weighted by atomic mass is 10.0. The summed E-state index contributed by atoms with van der Waals surface area (Å²) in [6.45, 7) is 12.6. The fourth-order valence-corrected chi connectivity index (χ4v) is 15.1. The standard InChI is InChI=1S/2C31H33F2N5O4.C15H12F2N2O.C8H7FN2O.2CH4/c2*1-18-26(35-25-6-7-38(31(41)29(18)25)17-21(39)16-37-8-10-42-11-9-37)13-23-22-12-24(33)28(14-27(22)36-30(23)40)34-15-19-2-4-20(32)5-3-19;16-11-3-1-9(2-4-11)8-18-14-7-13-10(5-12(14)17)6-15(20)19-13;9-5-1-4-2-8(12)11-7(4)3-6(5)10;;/h2*2-5,12-14,21,34-35,39H,6-11,15-17H2,1H3,(H,36,40);1-5,7,18H,6,8H2,(H,19,20);1,3H,2,10H2,(H,11,12);2*1H4/b2*23-13-;;;;/t2*21-;;;;/m00..../s1. The summed E-state index contributed by atoms with van der Waals surface area (Å²) in [5.74, 6) is -4.21. The molecule has 10 heterocycles. The maximum atomic E-state index is 15.1. The fourth-order valence-electron chi connectivity index (χ4n) is 15.1. The minimum Gasteiger partial charge on any atom is -0.396 e. The number of benzene rings is 7. The van der Waals surface area contributed by atoms with Crippen LogP contribution in [0.15, 0.2) is 121 Å². The number of aliphatic hydroxyl groups is 2. The molecule has 2 saturated heterocycles. The molecule has 0 saturated carbocycles. The Hall–Kier alpha value is -12.1. The van der Waals surface area contributed by atoms with Gasteiger partial charge in [0.25, 0.3) is 23.6 Å². The molecule has 0 spiro atoms. The van der Waals surface area contributed by atoms with Crippen molar-refractivity contribution >= 4 is 104 Å². The number of carbonyl (C=O) groups excluding carboxylic acids is 6. The van der Waals surface area contributed by atoms with E-state index in [-0.39, 0.29) is 124 Å². The molecular weight excluding hydrogens is 1530 g/mol. The number of rotatable bonds is 19. The topological polar surface area (TPSA) is 316 Å². The summed E-state index contributed by atoms with van der Waals surface area (Å²) in [4.78, 5) is 89.1. The van der Waals surface area contributed by atoms with Crippen LogP contribution in [-0.2, 0) is 74.0 Å². The minimum atomic E-state index is -0.668. The van der Waals surface area contributed by atoms with Crippen molar-refractivity contribution in [2.24, 2.45) is 0 Å². The molecule has 7 aromatic carbocycles. The Morgan fingerprint density at radius 1 is 0.449 bits per heavy atom. The van der Waals surface area contributed by atoms with Gasteiger partial charge in [-0.3, -0.25) is 38.6 Å². The molecular formula is C87H93F7N14O10. The molecule has 0 aliphatic carbocycles. The van der Waals surface area contributed by atoms with Crippen molar-refractivity contribution in [3.63, 3.8) is 0 Å². The fraction of sp³-hybridized carbons (Fsp3) is 0.310. The first kappa shape index (κ1) is 85.2. The number of β-amino-alcohol motifs (C(OH)–C–C–N with tert-alkyl or cyclic N) is 2. The van der Waals surface area contributed by atoms with Crippen molar-refractivity contribution < 1.29 is 79.2 Å². The molecule has 2 fully saturated rings. The van der Waals surface area contributed by atoms with Gasteiger partial charge in [0.15, 0.2) is 0 Å². The van der Waals surface area contributed by atoms with Crippen LogP contribution in [0.5, 0.6) is 0 Å². The number of nitrogens with two attached hydrogens (primary N) is 1. The molecule has 9 aromatic rings. The lowest BCUT2D eigenvalue weighted by molar-refractivity contribution is -0.115. The number of nitrogens with one attached hydrogen (secondary N) is 9. The van der Waals surface area contributed by atoms with Crippen LogP contribution in [0.2, 0.25) is 0 Å². The van der Waals surface area contributed by atoms with Gasteiger partial charge in [-0.25, -0.2) is 30.7 Å². The van der Waals surface area contributed by atoms with Crippen molar-refractivity contribution in [2.45, 2.75) is 86.2 Å². The SMILES string of the molecule is C.C.Cc1c(/C=C2\C(=O)Nc3cc(NCc4ccc(F)cc4)c(F)cc32)[nH]c2c1C(=O)N(C[C@@H](O)CN1CCOCC1)CC2.Cc1c(/C=C2\C(=O)Nc3cc(NCc4ccc(F)cc4)c(F)cc32)[nH]c2c1C(=O)N(C[C@@H](O)CN1CCOCC1)CC2.Nc1cc2c(cc1F)CC(=O)N2.O=C1Cc2cc(F)c(NCc3ccc(F)cc3)cc2N1. The number of aromatic amines is 2. The highest BCUT2D eigenvalue weighted by molar-refractivity contribution is 6.36. The average Bonchev–Trinajstić information content (AvgIpc) is 1.65. The van der Waals surface area contributed by atoms with Crippen LogP contribution >= 0.6 is 0 Å². The summed E-state index contributed by atoms with van der Waals surface area (Å²) in [7, 11) is 0. The molecule has 24 nitrogen and oxygen atoms in total. The predicted octanol–water partition coefficient (Wildman–Crippen LogP) is 12.0. The van der Waals surface area contributed by atoms with Crippen LogP contribution in [0.4, 0.5) is 76.2 Å². The van der Waals surface area contributed by atoms with E-state index < -0.39 is 35.5 Å². The number of hydrogen-bond donors (Lipinski definition) is 12. The van der Waals surface area contributed by atoms with Gasteiger partial charge in [-0.1, -0.05) is 51.3 Å². The van der Waals surface area contributed by atoms with Crippen molar-refractivity contribution in [1.29, 1.82) is 0 Å². The van der Waals surface area contributed by atoms with Crippen LogP contribution in [0, 0.1) is 54.6 Å². The number of aliphatic hydroxyl groups excluding tert-OH is 2. The summed E-state index contributed by atoms with van der Waals surface area (Å²) < 4.78 is 107. The Labute approximate surface area is 677 Å². The number of ether oxygens (including phenoxy) is 2. The highest BCUT2D eigenvalue weighted by Crippen LogP contribution is 2.41. The van der Waals surface area contributed by atoms with Gasteiger partial charge in [0, 0.05) is 143 Å². The quantitative estimate of drug-likeness (QED) is 0.0203. The highest BCUT2D eigenvalue weighted by Gasteiger charge is 2.36. The number of morpholine rings is 2. The zero-order valence-corrected chi connectivity index (χ0v) is 63.4. The summed E-state index contributed by atoms with van der Waals surface area (Å²) in [5, 5.41) is 41.1. The minimum absolute atomic E-state index is 0. The Morgan fingerprint density at radius 2 is 0.797 bits per heavy atom. The summed E-state index contributed by atoms with van der Waals surface area (Å²) in [6.07, 6.45) is 3.62. The molecule has 8 aliphatic rings. The maximum absolute atomic E-state index is 15.1. The van der Waals surface area contributed by atoms with Gasteiger partial charge in [-0.05, 0) is 150 Å². The van der Waals surface area contributed by atoms with Crippen molar-refractivity contribution in [2.75, 3.05) is 135 Å². The van der Waals surface area contributed by atoms with Gasteiger partial charge >= 0.3 is 0 Å². The van der Waals surface area contributed by atoms with E-state index in [0.29, 0.717) is 167 Å². The lowest BCUT2D eigenvalue weighted by Crippen LogP contribution is -2.47. The van der Waals surface area contributed by atoms with Crippen LogP contribution in [0.1, 0.15) is 108 Å². The molecule has 13 N–H and O–H groups in total. The number of H-pyrrole nitrogens is 2. The van der Waals surface area contributed by atoms with E-state index >= 15 is 8.78 Å². The number of amides is 6. The maximum Gasteiger partial charge on any atom is 0.256 e. The third-order valence-corrected chi connectivity index (χ3v) is 21.2. The van der Waals surface area contributed by atoms with E-state index in [4.69, 9.17) is 15.2 Å². The number of aromatic nitrogens is 2. The van der Waals surface area contributed by atoms with Crippen LogP contribution in [-0.4, -0.2) is 179 Å². The molecule has 2 aromatic heterocycles. The number of carbonyl (C=O) groups is 6. The van der Waals surface area contributed by atoms with E-state index in [9.17, 15) is 60.9 Å². The van der Waals surface area contributed by atoms with E-state index in [1.54, 1.807) is 76.5 Å². The molecule has 2 atom stereocenters. The molecule has 0 bridgehead atoms. The molecule has 31 heteroatoms. The number of hydrogen-bond acceptors (Lipinski definition) is 16. The van der Waals surface area contributed by atoms with Crippen LogP contribution in [0.3, 0.4) is 0 Å². The number of nitrogen functional groups attached to an aromatic ring is 1. The van der Waals surface area contributed by atoms with Gasteiger partial charge < -0.3 is 82.4 Å². The first-order chi connectivity index (χ1) is 55.8. The first-order valence-corrected chi connectivity index (χ1v) is 38.0. The average molecular weight is 1630 g/mol. The zero-order chi connectivity index (χ0) is 81.6. The van der Waals surface area contributed by atoms with Gasteiger partial charge in [-0.2, -0.15) is 0 Å². The smallest absolute Gasteiger partial charge is 0.256 e. The van der Waals surface area contributed by atoms with Crippen LogP contribution in [0.25, 0.3) is 23.3 Å². The summed E-state index contributed by atoms with van der Waals surface area (Å²) in [5.41, 5.74) is 18.8. The summed E-state index contributed by atoms with van der Waals surface area (Å²) in [6, 6.07) is 29.2. The van der Waals surface area contributed by atoms with Gasteiger partial charge in [0.05, 0.1) is 108 Å². The molecule has 17 rings (SSSR count). The third-order valence-electron chi connectivity index (χ3n) is 21.2. The number of nitrogens with zero attached hydrogens (tertiary/aromatic N) is 4. The van der Waals surface area contributed by atoms with E-state index in [0.717, 1.165) is 54.3 Å². The third kappa shape index (κ3) is 19.9. The second-order valence-corrected chi connectivity index (χ2v) is 29.4. The lowest BCUT2D eigenvalue weighted by Gasteiger charge is -2.32. The van der Waals surface area contributed by atoms with Gasteiger partial charge in [-0.15, -0.1) is 0 Å². The number of halogens is 7. The Balaban J connectivity index is 0.000000157. The normalized spacial score (nSPS) is 16.9. The molecule has 118 heavy (non-hydrogen) atoms. The molecule has 0 radical (unpaired) electrons. The van der Waals surface area contributed by atoms with Crippen molar-refractivity contribution in [3.8, 4) is 0 Å². The Bertz CT molecular complexity index is 5070. The zero-order valence-electron chi connectivity index (χ0n) is 63.4. The van der Waals surface area contributed by atoms with E-state index in [2.05, 4.69) is 57.0 Å². The van der Waals surface area contributed by atoms with Gasteiger partial charge in [0.2, 0.25) is 11.8 Å². The predicted molar refractivity (Wildman–Crippen MR) is 439 cm³/mol. The largest absolute Gasteiger partial charge is 0.396 e. The second kappa shape index (κ2) is 37.4. The molecule has 6 amide bonds. The Kier molecular flexibility index (Phi) is 27.0. The van der Waals surface area contributed by atoms with E-state index in [1.165, 1.54) is 66.7 Å². The molecule has 0 unspecified atom stereocenters. The van der Waals surface area contributed by atoms with E-state index in [1.807, 2.05) is 13.8 Å².